The van der Waals surface area contributed by atoms with Crippen molar-refractivity contribution in [2.24, 2.45) is 0 Å². The Morgan fingerprint density at radius 3 is 2.36 bits per heavy atom. The quantitative estimate of drug-likeness (QED) is 0.334. The Labute approximate surface area is 195 Å². The molecule has 7 nitrogen and oxygen atoms in total. The number of halogens is 1. The molecule has 3 aromatic carbocycles. The highest BCUT2D eigenvalue weighted by atomic mass is 35.5. The van der Waals surface area contributed by atoms with Crippen LogP contribution in [-0.2, 0) is 10.0 Å². The van der Waals surface area contributed by atoms with Gasteiger partial charge >= 0.3 is 0 Å². The number of hydrogen-bond acceptors (Lipinski definition) is 6. The van der Waals surface area contributed by atoms with Gasteiger partial charge in [-0.2, -0.15) is 0 Å². The lowest BCUT2D eigenvalue weighted by Crippen LogP contribution is -2.11. The van der Waals surface area contributed by atoms with Gasteiger partial charge in [0.25, 0.3) is 10.0 Å². The van der Waals surface area contributed by atoms with Crippen molar-refractivity contribution in [3.8, 4) is 11.3 Å². The number of aromatic nitrogens is 3. The van der Waals surface area contributed by atoms with Gasteiger partial charge in [-0.3, -0.25) is 0 Å². The first-order chi connectivity index (χ1) is 15.9. The molecule has 2 aromatic heterocycles. The summed E-state index contributed by atoms with van der Waals surface area (Å²) < 4.78 is 28.0. The van der Waals surface area contributed by atoms with E-state index in [1.165, 1.54) is 10.2 Å². The number of hydrogen-bond donors (Lipinski definition) is 2. The maximum Gasteiger partial charge on any atom is 0.268 e. The Kier molecular flexibility index (Phi) is 5.24. The van der Waals surface area contributed by atoms with Crippen molar-refractivity contribution >= 4 is 49.9 Å². The summed E-state index contributed by atoms with van der Waals surface area (Å²) in [6.45, 7) is 0. The minimum atomic E-state index is -3.83. The van der Waals surface area contributed by atoms with E-state index in [0.29, 0.717) is 38.8 Å². The first-order valence-electron chi connectivity index (χ1n) is 10.00. The largest absolute Gasteiger partial charge is 0.399 e. The predicted molar refractivity (Wildman–Crippen MR) is 131 cm³/mol. The topological polar surface area (TPSA) is 103 Å². The molecule has 0 atom stereocenters. The van der Waals surface area contributed by atoms with E-state index in [4.69, 9.17) is 17.3 Å². The molecular formula is C24H18ClN5O2S. The number of anilines is 3. The third-order valence-corrected chi connectivity index (χ3v) is 7.11. The SMILES string of the molecule is Nc1ccc(Nc2ncc(Cl)c(-c3cn(S(=O)(=O)c4ccccc4)c4ccccc34)n2)cc1. The fourth-order valence-electron chi connectivity index (χ4n) is 3.56. The van der Waals surface area contributed by atoms with E-state index in [0.717, 1.165) is 5.69 Å². The minimum Gasteiger partial charge on any atom is -0.399 e. The lowest BCUT2D eigenvalue weighted by atomic mass is 10.1. The van der Waals surface area contributed by atoms with Crippen molar-refractivity contribution in [3.63, 3.8) is 0 Å². The van der Waals surface area contributed by atoms with Crippen LogP contribution in [0.3, 0.4) is 0 Å². The zero-order valence-electron chi connectivity index (χ0n) is 17.2. The van der Waals surface area contributed by atoms with Crippen LogP contribution in [0.2, 0.25) is 5.02 Å². The van der Waals surface area contributed by atoms with Crippen LogP contribution >= 0.6 is 11.6 Å². The van der Waals surface area contributed by atoms with Crippen LogP contribution in [0.4, 0.5) is 17.3 Å². The van der Waals surface area contributed by atoms with Crippen LogP contribution in [0.25, 0.3) is 22.2 Å². The number of para-hydroxylation sites is 1. The van der Waals surface area contributed by atoms with E-state index < -0.39 is 10.0 Å². The van der Waals surface area contributed by atoms with E-state index >= 15 is 0 Å². The van der Waals surface area contributed by atoms with Gasteiger partial charge in [0, 0.05) is 28.5 Å². The summed E-state index contributed by atoms with van der Waals surface area (Å²) in [6, 6.07) is 22.7. The Balaban J connectivity index is 1.65. The van der Waals surface area contributed by atoms with Crippen LogP contribution in [0.5, 0.6) is 0 Å². The van der Waals surface area contributed by atoms with Crippen LogP contribution in [-0.4, -0.2) is 22.4 Å². The lowest BCUT2D eigenvalue weighted by molar-refractivity contribution is 0.589. The molecule has 0 aliphatic rings. The monoisotopic (exact) mass is 475 g/mol. The molecule has 0 unspecified atom stereocenters. The fraction of sp³-hybridized carbons (Fsp3) is 0. The lowest BCUT2D eigenvalue weighted by Gasteiger charge is -2.08. The van der Waals surface area contributed by atoms with Gasteiger partial charge in [0.1, 0.15) is 0 Å². The number of nitrogens with two attached hydrogens (primary N) is 1. The predicted octanol–water partition coefficient (Wildman–Crippen LogP) is 5.31. The van der Waals surface area contributed by atoms with E-state index in [2.05, 4.69) is 15.3 Å². The van der Waals surface area contributed by atoms with Gasteiger partial charge in [-0.1, -0.05) is 48.0 Å². The Morgan fingerprint density at radius 1 is 0.909 bits per heavy atom. The second kappa shape index (κ2) is 8.23. The zero-order chi connectivity index (χ0) is 23.0. The number of nitrogens with zero attached hydrogens (tertiary/aromatic N) is 3. The van der Waals surface area contributed by atoms with Crippen molar-refractivity contribution < 1.29 is 8.42 Å². The molecular weight excluding hydrogens is 458 g/mol. The molecule has 0 saturated heterocycles. The van der Waals surface area contributed by atoms with Crippen LogP contribution in [0.15, 0.2) is 96.2 Å². The summed E-state index contributed by atoms with van der Waals surface area (Å²) in [5, 5.41) is 4.13. The summed E-state index contributed by atoms with van der Waals surface area (Å²) in [5.41, 5.74) is 8.67. The highest BCUT2D eigenvalue weighted by molar-refractivity contribution is 7.90. The van der Waals surface area contributed by atoms with E-state index in [1.807, 2.05) is 24.3 Å². The molecule has 0 spiro atoms. The molecule has 33 heavy (non-hydrogen) atoms. The molecule has 0 amide bonds. The highest BCUT2D eigenvalue weighted by Gasteiger charge is 2.23. The van der Waals surface area contributed by atoms with E-state index in [9.17, 15) is 8.42 Å². The molecule has 0 aliphatic heterocycles. The van der Waals surface area contributed by atoms with E-state index in [1.54, 1.807) is 60.8 Å². The third-order valence-electron chi connectivity index (χ3n) is 5.14. The minimum absolute atomic E-state index is 0.191. The van der Waals surface area contributed by atoms with Crippen molar-refractivity contribution in [3.05, 3.63) is 96.3 Å². The van der Waals surface area contributed by atoms with Gasteiger partial charge < -0.3 is 11.1 Å². The van der Waals surface area contributed by atoms with Crippen LogP contribution in [0, 0.1) is 0 Å². The first kappa shape index (κ1) is 21.0. The first-order valence-corrected chi connectivity index (χ1v) is 11.8. The Hall–Kier alpha value is -3.88. The van der Waals surface area contributed by atoms with Gasteiger partial charge in [-0.25, -0.2) is 22.4 Å². The van der Waals surface area contributed by atoms with Crippen LogP contribution in [0.1, 0.15) is 0 Å². The van der Waals surface area contributed by atoms with Gasteiger partial charge in [0.2, 0.25) is 5.95 Å². The second-order valence-corrected chi connectivity index (χ2v) is 9.53. The highest BCUT2D eigenvalue weighted by Crippen LogP contribution is 2.36. The maximum absolute atomic E-state index is 13.4. The molecule has 5 rings (SSSR count). The third kappa shape index (κ3) is 3.90. The number of fused-ring (bicyclic) bond motifs is 1. The van der Waals surface area contributed by atoms with Crippen molar-refractivity contribution in [1.29, 1.82) is 0 Å². The fourth-order valence-corrected chi connectivity index (χ4v) is 5.14. The van der Waals surface area contributed by atoms with Gasteiger partial charge in [0.05, 0.1) is 27.3 Å². The van der Waals surface area contributed by atoms with Gasteiger partial charge in [-0.05, 0) is 42.5 Å². The summed E-state index contributed by atoms with van der Waals surface area (Å²) in [5.74, 6) is 0.321. The number of benzene rings is 3. The molecule has 5 aromatic rings. The smallest absolute Gasteiger partial charge is 0.268 e. The number of nitrogens with one attached hydrogen (secondary N) is 1. The molecule has 0 fully saturated rings. The summed E-state index contributed by atoms with van der Waals surface area (Å²) >= 11 is 6.47. The van der Waals surface area contributed by atoms with Crippen molar-refractivity contribution in [1.82, 2.24) is 13.9 Å². The summed E-state index contributed by atoms with van der Waals surface area (Å²) in [4.78, 5) is 9.03. The van der Waals surface area contributed by atoms with Gasteiger partial charge in [0.15, 0.2) is 0 Å². The average Bonchev–Trinajstić information content (AvgIpc) is 3.23. The molecule has 0 aliphatic carbocycles. The molecule has 2 heterocycles. The molecule has 0 radical (unpaired) electrons. The molecule has 9 heteroatoms. The zero-order valence-corrected chi connectivity index (χ0v) is 18.8. The number of rotatable bonds is 5. The normalized spacial score (nSPS) is 11.5. The Morgan fingerprint density at radius 2 is 1.61 bits per heavy atom. The van der Waals surface area contributed by atoms with Crippen molar-refractivity contribution in [2.75, 3.05) is 11.1 Å². The van der Waals surface area contributed by atoms with Crippen LogP contribution < -0.4 is 11.1 Å². The van der Waals surface area contributed by atoms with Crippen molar-refractivity contribution in [2.45, 2.75) is 4.90 Å². The summed E-state index contributed by atoms with van der Waals surface area (Å²) in [6.07, 6.45) is 3.04. The Bertz CT molecular complexity index is 1570. The van der Waals surface area contributed by atoms with Gasteiger partial charge in [-0.15, -0.1) is 0 Å². The summed E-state index contributed by atoms with van der Waals surface area (Å²) in [7, 11) is -3.83. The number of nitrogen functional groups attached to an aromatic ring is 1. The average molecular weight is 476 g/mol. The molecule has 3 N–H and O–H groups in total. The maximum atomic E-state index is 13.4. The molecule has 0 saturated carbocycles. The molecule has 0 bridgehead atoms. The standard InChI is InChI=1S/C24H18ClN5O2S/c25-21-14-27-24(28-17-12-10-16(26)11-13-17)29-23(21)20-15-30(22-9-5-4-8-19(20)22)33(31,32)18-6-2-1-3-7-18/h1-15H,26H2,(H,27,28,29). The van der Waals surface area contributed by atoms with E-state index in [-0.39, 0.29) is 4.90 Å². The molecule has 164 valence electrons. The second-order valence-electron chi connectivity index (χ2n) is 7.31.